The van der Waals surface area contributed by atoms with Crippen LogP contribution in [0.15, 0.2) is 41.1 Å². The molecule has 0 atom stereocenters. The lowest BCUT2D eigenvalue weighted by atomic mass is 10.2. The zero-order chi connectivity index (χ0) is 10.7. The second kappa shape index (κ2) is 4.40. The molecule has 0 N–H and O–H groups in total. The van der Waals surface area contributed by atoms with E-state index in [0.29, 0.717) is 5.88 Å². The Labute approximate surface area is 96.3 Å². The molecule has 15 heavy (non-hydrogen) atoms. The first-order chi connectivity index (χ1) is 7.31. The molecule has 0 aliphatic carbocycles. The van der Waals surface area contributed by atoms with Gasteiger partial charge in [-0.3, -0.25) is 4.98 Å². The first kappa shape index (κ1) is 10.1. The number of aromatic nitrogens is 2. The van der Waals surface area contributed by atoms with Crippen molar-refractivity contribution < 1.29 is 4.74 Å². The van der Waals surface area contributed by atoms with Crippen molar-refractivity contribution in [3.63, 3.8) is 0 Å². The topological polar surface area (TPSA) is 35.0 Å². The largest absolute Gasteiger partial charge is 0.481 e. The minimum atomic E-state index is 0.580. The average molecular weight is 265 g/mol. The van der Waals surface area contributed by atoms with Crippen molar-refractivity contribution in [3.05, 3.63) is 41.1 Å². The van der Waals surface area contributed by atoms with E-state index < -0.39 is 0 Å². The number of nitrogens with zero attached hydrogens (tertiary/aromatic N) is 2. The lowest BCUT2D eigenvalue weighted by molar-refractivity contribution is 0.399. The molecule has 2 aromatic rings. The molecule has 4 heteroatoms. The van der Waals surface area contributed by atoms with Gasteiger partial charge < -0.3 is 4.74 Å². The normalized spacial score (nSPS) is 10.0. The summed E-state index contributed by atoms with van der Waals surface area (Å²) in [5.41, 5.74) is 1.73. The fraction of sp³-hybridized carbons (Fsp3) is 0.0909. The Balaban J connectivity index is 2.56. The van der Waals surface area contributed by atoms with Crippen molar-refractivity contribution in [2.45, 2.75) is 0 Å². The van der Waals surface area contributed by atoms with Gasteiger partial charge in [-0.15, -0.1) is 0 Å². The summed E-state index contributed by atoms with van der Waals surface area (Å²) in [5.74, 6) is 0.580. The molecule has 2 rings (SSSR count). The molecular weight excluding hydrogens is 256 g/mol. The third-order valence-electron chi connectivity index (χ3n) is 1.95. The van der Waals surface area contributed by atoms with Crippen LogP contribution in [0.3, 0.4) is 0 Å². The summed E-state index contributed by atoms with van der Waals surface area (Å²) >= 11 is 3.38. The fourth-order valence-corrected chi connectivity index (χ4v) is 1.63. The number of methoxy groups -OCH3 is 1. The van der Waals surface area contributed by atoms with Gasteiger partial charge in [-0.1, -0.05) is 6.07 Å². The van der Waals surface area contributed by atoms with Crippen LogP contribution in [0.1, 0.15) is 0 Å². The van der Waals surface area contributed by atoms with E-state index in [4.69, 9.17) is 4.74 Å². The Hall–Kier alpha value is -1.42. The van der Waals surface area contributed by atoms with Crippen LogP contribution in [-0.2, 0) is 0 Å². The van der Waals surface area contributed by atoms with Crippen molar-refractivity contribution in [2.24, 2.45) is 0 Å². The summed E-state index contributed by atoms with van der Waals surface area (Å²) < 4.78 is 6.09. The molecule has 0 saturated heterocycles. The maximum Gasteiger partial charge on any atom is 0.222 e. The SMILES string of the molecule is COc1ncc(Br)cc1-c1ccccn1. The summed E-state index contributed by atoms with van der Waals surface area (Å²) in [5, 5.41) is 0. The summed E-state index contributed by atoms with van der Waals surface area (Å²) in [4.78, 5) is 8.42. The number of pyridine rings is 2. The fourth-order valence-electron chi connectivity index (χ4n) is 1.29. The maximum absolute atomic E-state index is 5.18. The van der Waals surface area contributed by atoms with E-state index in [1.165, 1.54) is 0 Å². The molecule has 0 bridgehead atoms. The van der Waals surface area contributed by atoms with Crippen LogP contribution in [0.4, 0.5) is 0 Å². The van der Waals surface area contributed by atoms with Crippen LogP contribution in [-0.4, -0.2) is 17.1 Å². The third-order valence-corrected chi connectivity index (χ3v) is 2.39. The van der Waals surface area contributed by atoms with Gasteiger partial charge in [0.15, 0.2) is 0 Å². The molecule has 3 nitrogen and oxygen atoms in total. The van der Waals surface area contributed by atoms with Gasteiger partial charge in [-0.05, 0) is 34.1 Å². The van der Waals surface area contributed by atoms with Gasteiger partial charge in [0.25, 0.3) is 0 Å². The molecule has 0 unspecified atom stereocenters. The van der Waals surface area contributed by atoms with Gasteiger partial charge in [0.05, 0.1) is 18.4 Å². The quantitative estimate of drug-likeness (QED) is 0.837. The summed E-state index contributed by atoms with van der Waals surface area (Å²) in [6, 6.07) is 7.67. The molecule has 0 fully saturated rings. The van der Waals surface area contributed by atoms with Crippen LogP contribution in [0.25, 0.3) is 11.3 Å². The van der Waals surface area contributed by atoms with Crippen molar-refractivity contribution in [1.29, 1.82) is 0 Å². The van der Waals surface area contributed by atoms with Gasteiger partial charge in [-0.25, -0.2) is 4.98 Å². The van der Waals surface area contributed by atoms with Crippen LogP contribution in [0, 0.1) is 0 Å². The van der Waals surface area contributed by atoms with Gasteiger partial charge in [0.2, 0.25) is 5.88 Å². The molecule has 0 spiro atoms. The van der Waals surface area contributed by atoms with Gasteiger partial charge in [-0.2, -0.15) is 0 Å². The summed E-state index contributed by atoms with van der Waals surface area (Å²) in [6.07, 6.45) is 3.45. The van der Waals surface area contributed by atoms with Crippen LogP contribution < -0.4 is 4.74 Å². The highest BCUT2D eigenvalue weighted by atomic mass is 79.9. The van der Waals surface area contributed by atoms with Gasteiger partial charge in [0, 0.05) is 16.9 Å². The van der Waals surface area contributed by atoms with Crippen LogP contribution in [0.2, 0.25) is 0 Å². The van der Waals surface area contributed by atoms with E-state index in [1.807, 2.05) is 24.3 Å². The Morgan fingerprint density at radius 1 is 1.27 bits per heavy atom. The van der Waals surface area contributed by atoms with Crippen molar-refractivity contribution in [1.82, 2.24) is 9.97 Å². The number of hydrogen-bond acceptors (Lipinski definition) is 3. The number of halogens is 1. The zero-order valence-electron chi connectivity index (χ0n) is 8.14. The van der Waals surface area contributed by atoms with Crippen LogP contribution >= 0.6 is 15.9 Å². The number of rotatable bonds is 2. The first-order valence-electron chi connectivity index (χ1n) is 4.42. The number of hydrogen-bond donors (Lipinski definition) is 0. The Morgan fingerprint density at radius 3 is 2.80 bits per heavy atom. The molecule has 0 aliphatic heterocycles. The standard InChI is InChI=1S/C11H9BrN2O/c1-15-11-9(6-8(12)7-14-11)10-4-2-3-5-13-10/h2-7H,1H3. The molecule has 2 aromatic heterocycles. The number of ether oxygens (including phenoxy) is 1. The van der Waals surface area contributed by atoms with Gasteiger partial charge in [0.1, 0.15) is 0 Å². The third kappa shape index (κ3) is 2.15. The molecule has 0 amide bonds. The van der Waals surface area contributed by atoms with E-state index in [2.05, 4.69) is 25.9 Å². The summed E-state index contributed by atoms with van der Waals surface area (Å²) in [6.45, 7) is 0. The molecule has 0 radical (unpaired) electrons. The highest BCUT2D eigenvalue weighted by Crippen LogP contribution is 2.28. The predicted octanol–water partition coefficient (Wildman–Crippen LogP) is 2.91. The molecule has 0 aromatic carbocycles. The minimum absolute atomic E-state index is 0.580. The van der Waals surface area contributed by atoms with E-state index in [0.717, 1.165) is 15.7 Å². The highest BCUT2D eigenvalue weighted by molar-refractivity contribution is 9.10. The Morgan fingerprint density at radius 2 is 2.13 bits per heavy atom. The van der Waals surface area contributed by atoms with Crippen molar-refractivity contribution >= 4 is 15.9 Å². The molecular formula is C11H9BrN2O. The Bertz CT molecular complexity index is 459. The van der Waals surface area contributed by atoms with Crippen molar-refractivity contribution in [2.75, 3.05) is 7.11 Å². The first-order valence-corrected chi connectivity index (χ1v) is 5.21. The van der Waals surface area contributed by atoms with E-state index in [-0.39, 0.29) is 0 Å². The van der Waals surface area contributed by atoms with E-state index in [9.17, 15) is 0 Å². The second-order valence-electron chi connectivity index (χ2n) is 2.93. The van der Waals surface area contributed by atoms with Crippen molar-refractivity contribution in [3.8, 4) is 17.1 Å². The minimum Gasteiger partial charge on any atom is -0.481 e. The predicted molar refractivity (Wildman–Crippen MR) is 61.7 cm³/mol. The van der Waals surface area contributed by atoms with Crippen LogP contribution in [0.5, 0.6) is 5.88 Å². The maximum atomic E-state index is 5.18. The zero-order valence-corrected chi connectivity index (χ0v) is 9.73. The smallest absolute Gasteiger partial charge is 0.222 e. The highest BCUT2D eigenvalue weighted by Gasteiger charge is 2.08. The molecule has 76 valence electrons. The molecule has 2 heterocycles. The van der Waals surface area contributed by atoms with E-state index in [1.54, 1.807) is 19.5 Å². The molecule has 0 aliphatic rings. The monoisotopic (exact) mass is 264 g/mol. The lowest BCUT2D eigenvalue weighted by Gasteiger charge is -2.06. The summed E-state index contributed by atoms with van der Waals surface area (Å²) in [7, 11) is 1.60. The Kier molecular flexibility index (Phi) is 2.97. The van der Waals surface area contributed by atoms with E-state index >= 15 is 0 Å². The lowest BCUT2D eigenvalue weighted by Crippen LogP contribution is -1.92. The average Bonchev–Trinajstić information content (AvgIpc) is 2.30. The second-order valence-corrected chi connectivity index (χ2v) is 3.84. The molecule has 0 saturated carbocycles. The van der Waals surface area contributed by atoms with Gasteiger partial charge >= 0.3 is 0 Å².